The van der Waals surface area contributed by atoms with Crippen LogP contribution in [-0.2, 0) is 4.79 Å². The SMILES string of the molecule is Cc1cc(C2CCCN(C(=O)C3CC3)C2)nc(C)n1. The highest BCUT2D eigenvalue weighted by atomic mass is 16.2. The van der Waals surface area contributed by atoms with Gasteiger partial charge in [0, 0.05) is 36.3 Å². The Balaban J connectivity index is 1.75. The summed E-state index contributed by atoms with van der Waals surface area (Å²) in [6, 6.07) is 2.07. The summed E-state index contributed by atoms with van der Waals surface area (Å²) in [5.41, 5.74) is 2.13. The number of likely N-dealkylation sites (tertiary alicyclic amines) is 1. The predicted octanol–water partition coefficient (Wildman–Crippen LogP) is 2.21. The van der Waals surface area contributed by atoms with Crippen molar-refractivity contribution in [3.8, 4) is 0 Å². The zero-order chi connectivity index (χ0) is 13.4. The molecule has 0 aromatic carbocycles. The van der Waals surface area contributed by atoms with Gasteiger partial charge < -0.3 is 4.90 Å². The maximum atomic E-state index is 12.2. The van der Waals surface area contributed by atoms with Crippen molar-refractivity contribution in [2.24, 2.45) is 5.92 Å². The first-order valence-corrected chi connectivity index (χ1v) is 7.24. The van der Waals surface area contributed by atoms with Crippen LogP contribution in [0.2, 0.25) is 0 Å². The molecule has 3 rings (SSSR count). The Labute approximate surface area is 114 Å². The van der Waals surface area contributed by atoms with Gasteiger partial charge in [-0.05, 0) is 45.6 Å². The average molecular weight is 259 g/mol. The zero-order valence-electron chi connectivity index (χ0n) is 11.7. The molecule has 1 atom stereocenters. The van der Waals surface area contributed by atoms with Crippen molar-refractivity contribution in [1.29, 1.82) is 0 Å². The number of nitrogens with zero attached hydrogens (tertiary/aromatic N) is 3. The van der Waals surface area contributed by atoms with Gasteiger partial charge in [-0.25, -0.2) is 9.97 Å². The zero-order valence-corrected chi connectivity index (χ0v) is 11.7. The summed E-state index contributed by atoms with van der Waals surface area (Å²) in [6.07, 6.45) is 4.40. The third kappa shape index (κ3) is 2.77. The number of aryl methyl sites for hydroxylation is 2. The standard InChI is InChI=1S/C15H21N3O/c1-10-8-14(17-11(2)16-10)13-4-3-7-18(9-13)15(19)12-5-6-12/h8,12-13H,3-7,9H2,1-2H3. The second-order valence-corrected chi connectivity index (χ2v) is 5.88. The quantitative estimate of drug-likeness (QED) is 0.818. The number of piperidine rings is 1. The highest BCUT2D eigenvalue weighted by Gasteiger charge is 2.35. The molecule has 19 heavy (non-hydrogen) atoms. The lowest BCUT2D eigenvalue weighted by Crippen LogP contribution is -2.40. The number of carbonyl (C=O) groups excluding carboxylic acids is 1. The average Bonchev–Trinajstić information content (AvgIpc) is 3.21. The van der Waals surface area contributed by atoms with E-state index in [1.54, 1.807) is 0 Å². The Morgan fingerprint density at radius 2 is 2.05 bits per heavy atom. The van der Waals surface area contributed by atoms with E-state index in [1.165, 1.54) is 0 Å². The molecule has 0 N–H and O–H groups in total. The van der Waals surface area contributed by atoms with E-state index in [0.29, 0.717) is 17.7 Å². The highest BCUT2D eigenvalue weighted by Crippen LogP contribution is 2.34. The van der Waals surface area contributed by atoms with Gasteiger partial charge in [0.15, 0.2) is 0 Å². The fraction of sp³-hybridized carbons (Fsp3) is 0.667. The van der Waals surface area contributed by atoms with Crippen molar-refractivity contribution in [3.63, 3.8) is 0 Å². The van der Waals surface area contributed by atoms with Crippen LogP contribution in [0.3, 0.4) is 0 Å². The minimum atomic E-state index is 0.327. The van der Waals surface area contributed by atoms with Crippen LogP contribution >= 0.6 is 0 Å². The minimum Gasteiger partial charge on any atom is -0.342 e. The third-order valence-electron chi connectivity index (χ3n) is 4.06. The van der Waals surface area contributed by atoms with Crippen molar-refractivity contribution in [2.45, 2.75) is 45.4 Å². The van der Waals surface area contributed by atoms with Crippen molar-refractivity contribution < 1.29 is 4.79 Å². The molecule has 4 nitrogen and oxygen atoms in total. The molecule has 1 aromatic heterocycles. The van der Waals surface area contributed by atoms with E-state index in [1.807, 2.05) is 13.8 Å². The van der Waals surface area contributed by atoms with Crippen LogP contribution < -0.4 is 0 Å². The van der Waals surface area contributed by atoms with Gasteiger partial charge in [-0.15, -0.1) is 0 Å². The van der Waals surface area contributed by atoms with Gasteiger partial charge in [0.25, 0.3) is 0 Å². The largest absolute Gasteiger partial charge is 0.342 e. The molecule has 2 heterocycles. The van der Waals surface area contributed by atoms with E-state index >= 15 is 0 Å². The van der Waals surface area contributed by atoms with E-state index in [0.717, 1.165) is 56.0 Å². The molecule has 0 radical (unpaired) electrons. The van der Waals surface area contributed by atoms with Crippen LogP contribution in [0.25, 0.3) is 0 Å². The number of aromatic nitrogens is 2. The summed E-state index contributed by atoms with van der Waals surface area (Å²) in [6.45, 7) is 5.71. The van der Waals surface area contributed by atoms with Gasteiger partial charge >= 0.3 is 0 Å². The van der Waals surface area contributed by atoms with Gasteiger partial charge in [-0.2, -0.15) is 0 Å². The summed E-state index contributed by atoms with van der Waals surface area (Å²) in [7, 11) is 0. The summed E-state index contributed by atoms with van der Waals surface area (Å²) < 4.78 is 0. The topological polar surface area (TPSA) is 46.1 Å². The third-order valence-corrected chi connectivity index (χ3v) is 4.06. The molecule has 1 aliphatic heterocycles. The summed E-state index contributed by atoms with van der Waals surface area (Å²) in [4.78, 5) is 23.1. The van der Waals surface area contributed by atoms with Gasteiger partial charge in [0.2, 0.25) is 5.91 Å². The molecule has 2 fully saturated rings. The van der Waals surface area contributed by atoms with E-state index in [-0.39, 0.29) is 0 Å². The maximum Gasteiger partial charge on any atom is 0.225 e. The lowest BCUT2D eigenvalue weighted by atomic mass is 9.94. The monoisotopic (exact) mass is 259 g/mol. The van der Waals surface area contributed by atoms with Gasteiger partial charge in [-0.1, -0.05) is 0 Å². The molecule has 0 spiro atoms. The molecule has 1 aliphatic carbocycles. The summed E-state index contributed by atoms with van der Waals surface area (Å²) in [5, 5.41) is 0. The predicted molar refractivity (Wildman–Crippen MR) is 72.8 cm³/mol. The molecule has 1 unspecified atom stereocenters. The van der Waals surface area contributed by atoms with Crippen molar-refractivity contribution in [2.75, 3.05) is 13.1 Å². The normalized spacial score (nSPS) is 23.5. The molecule has 1 saturated carbocycles. The minimum absolute atomic E-state index is 0.327. The summed E-state index contributed by atoms with van der Waals surface area (Å²) in [5.74, 6) is 1.91. The second kappa shape index (κ2) is 4.91. The van der Waals surface area contributed by atoms with E-state index < -0.39 is 0 Å². The van der Waals surface area contributed by atoms with Gasteiger partial charge in [0.05, 0.1) is 0 Å². The number of amides is 1. The van der Waals surface area contributed by atoms with Crippen LogP contribution in [0.1, 0.15) is 48.8 Å². The Morgan fingerprint density at radius 1 is 1.26 bits per heavy atom. The Bertz CT molecular complexity index is 476. The molecule has 1 saturated heterocycles. The molecule has 1 aromatic rings. The van der Waals surface area contributed by atoms with Crippen molar-refractivity contribution in [1.82, 2.24) is 14.9 Å². The number of carbonyl (C=O) groups is 1. The van der Waals surface area contributed by atoms with Crippen molar-refractivity contribution >= 4 is 5.91 Å². The first-order valence-electron chi connectivity index (χ1n) is 7.24. The summed E-state index contributed by atoms with van der Waals surface area (Å²) >= 11 is 0. The van der Waals surface area contributed by atoms with E-state index in [9.17, 15) is 4.79 Å². The first-order chi connectivity index (χ1) is 9.13. The number of hydrogen-bond donors (Lipinski definition) is 0. The molecule has 4 heteroatoms. The van der Waals surface area contributed by atoms with Crippen LogP contribution in [0.15, 0.2) is 6.07 Å². The second-order valence-electron chi connectivity index (χ2n) is 5.88. The fourth-order valence-electron chi connectivity index (χ4n) is 2.96. The van der Waals surface area contributed by atoms with E-state index in [4.69, 9.17) is 0 Å². The van der Waals surface area contributed by atoms with Gasteiger partial charge in [-0.3, -0.25) is 4.79 Å². The van der Waals surface area contributed by atoms with Crippen LogP contribution in [0, 0.1) is 19.8 Å². The lowest BCUT2D eigenvalue weighted by molar-refractivity contribution is -0.133. The Morgan fingerprint density at radius 3 is 2.74 bits per heavy atom. The molecular formula is C15H21N3O. The smallest absolute Gasteiger partial charge is 0.225 e. The molecule has 1 amide bonds. The van der Waals surface area contributed by atoms with Crippen LogP contribution in [0.4, 0.5) is 0 Å². The number of rotatable bonds is 2. The first kappa shape index (κ1) is 12.6. The molecule has 2 aliphatic rings. The van der Waals surface area contributed by atoms with Crippen LogP contribution in [-0.4, -0.2) is 33.9 Å². The van der Waals surface area contributed by atoms with Gasteiger partial charge in [0.1, 0.15) is 5.82 Å². The molecule has 102 valence electrons. The molecule has 0 bridgehead atoms. The highest BCUT2D eigenvalue weighted by molar-refractivity contribution is 5.81. The van der Waals surface area contributed by atoms with Crippen molar-refractivity contribution in [3.05, 3.63) is 23.3 Å². The Hall–Kier alpha value is -1.45. The fourth-order valence-corrected chi connectivity index (χ4v) is 2.96. The Kier molecular flexibility index (Phi) is 3.25. The maximum absolute atomic E-state index is 12.2. The molecular weight excluding hydrogens is 238 g/mol. The van der Waals surface area contributed by atoms with Crippen LogP contribution in [0.5, 0.6) is 0 Å². The number of hydrogen-bond acceptors (Lipinski definition) is 3. The lowest BCUT2D eigenvalue weighted by Gasteiger charge is -2.32. The van der Waals surface area contributed by atoms with E-state index in [2.05, 4.69) is 20.9 Å².